The second-order valence-corrected chi connectivity index (χ2v) is 30.2. The van der Waals surface area contributed by atoms with Crippen molar-refractivity contribution >= 4 is 11.9 Å². The van der Waals surface area contributed by atoms with Gasteiger partial charge in [0.15, 0.2) is 0 Å². The Bertz CT molecular complexity index is 1540. The van der Waals surface area contributed by atoms with Gasteiger partial charge in [0, 0.05) is 12.8 Å². The van der Waals surface area contributed by atoms with Crippen molar-refractivity contribution in [2.75, 3.05) is 13.2 Å². The number of aliphatic hydroxyl groups excluding tert-OH is 2. The molecule has 0 bridgehead atoms. The number of esters is 1. The van der Waals surface area contributed by atoms with Crippen molar-refractivity contribution in [3.05, 3.63) is 36.5 Å². The third-order valence-corrected chi connectivity index (χ3v) is 20.7. The van der Waals surface area contributed by atoms with Crippen LogP contribution in [0, 0.1) is 0 Å². The van der Waals surface area contributed by atoms with E-state index in [0.29, 0.717) is 19.4 Å². The first-order valence-corrected chi connectivity index (χ1v) is 43.8. The Balaban J connectivity index is 3.34. The maximum atomic E-state index is 12.6. The molecule has 0 rings (SSSR count). The van der Waals surface area contributed by atoms with E-state index in [4.69, 9.17) is 4.74 Å². The van der Waals surface area contributed by atoms with Crippen LogP contribution in [0.1, 0.15) is 495 Å². The molecule has 562 valence electrons. The Labute approximate surface area is 595 Å². The lowest BCUT2D eigenvalue weighted by molar-refractivity contribution is -0.143. The molecular formula is C89H171NO5. The largest absolute Gasteiger partial charge is 0.466 e. The number of carbonyl (C=O) groups excluding carboxylic acids is 2. The lowest BCUT2D eigenvalue weighted by Gasteiger charge is -2.20. The molecule has 0 saturated heterocycles. The Hall–Kier alpha value is -1.92. The molecule has 0 saturated carbocycles. The minimum absolute atomic E-state index is 0.0160. The van der Waals surface area contributed by atoms with Gasteiger partial charge < -0.3 is 20.3 Å². The first-order valence-electron chi connectivity index (χ1n) is 43.8. The topological polar surface area (TPSA) is 95.9 Å². The molecule has 0 aliphatic carbocycles. The molecule has 6 heteroatoms. The van der Waals surface area contributed by atoms with E-state index in [1.165, 1.54) is 417 Å². The lowest BCUT2D eigenvalue weighted by atomic mass is 10.0. The fourth-order valence-electron chi connectivity index (χ4n) is 14.0. The number of nitrogens with one attached hydrogen (secondary N) is 1. The van der Waals surface area contributed by atoms with Crippen LogP contribution in [0.4, 0.5) is 0 Å². The average molecular weight is 1340 g/mol. The second kappa shape index (κ2) is 84.5. The molecule has 0 aromatic heterocycles. The van der Waals surface area contributed by atoms with Crippen LogP contribution < -0.4 is 5.32 Å². The van der Waals surface area contributed by atoms with E-state index in [0.717, 1.165) is 51.4 Å². The van der Waals surface area contributed by atoms with E-state index in [9.17, 15) is 19.8 Å². The maximum Gasteiger partial charge on any atom is 0.305 e. The zero-order valence-corrected chi connectivity index (χ0v) is 64.7. The quantitative estimate of drug-likeness (QED) is 0.0320. The van der Waals surface area contributed by atoms with Gasteiger partial charge in [-0.25, -0.2) is 0 Å². The molecule has 0 radical (unpaired) electrons. The summed E-state index contributed by atoms with van der Waals surface area (Å²) in [6.45, 7) is 4.94. The van der Waals surface area contributed by atoms with E-state index in [1.54, 1.807) is 6.08 Å². The summed E-state index contributed by atoms with van der Waals surface area (Å²) in [7, 11) is 0. The number of hydrogen-bond acceptors (Lipinski definition) is 5. The van der Waals surface area contributed by atoms with Gasteiger partial charge in [-0.3, -0.25) is 9.59 Å². The molecule has 0 aliphatic rings. The SMILES string of the molecule is CCCCCC/C=C\C/C=C\CCCCCCCCCC(=O)OCCCCCCCCCCCCCCCCCCCCCCCCCCCCCCCCCCCCCC(=O)NC(CO)C(O)/C=C/CCCCCCCCCCCCCCCCCCCCCCCCC. The third kappa shape index (κ3) is 80.9. The van der Waals surface area contributed by atoms with Gasteiger partial charge in [0.25, 0.3) is 0 Å². The second-order valence-electron chi connectivity index (χ2n) is 30.2. The molecule has 0 heterocycles. The van der Waals surface area contributed by atoms with Gasteiger partial charge in [-0.15, -0.1) is 0 Å². The number of ether oxygens (including phenoxy) is 1. The third-order valence-electron chi connectivity index (χ3n) is 20.7. The Morgan fingerprint density at radius 3 is 0.811 bits per heavy atom. The van der Waals surface area contributed by atoms with Crippen molar-refractivity contribution in [3.8, 4) is 0 Å². The van der Waals surface area contributed by atoms with Crippen LogP contribution in [0.5, 0.6) is 0 Å². The average Bonchev–Trinajstić information content (AvgIpc) is 3.31. The highest BCUT2D eigenvalue weighted by Crippen LogP contribution is 2.21. The molecule has 0 aromatic carbocycles. The van der Waals surface area contributed by atoms with Crippen molar-refractivity contribution < 1.29 is 24.5 Å². The summed E-state index contributed by atoms with van der Waals surface area (Å²) in [5.74, 6) is -0.0409. The summed E-state index contributed by atoms with van der Waals surface area (Å²) < 4.78 is 5.51. The van der Waals surface area contributed by atoms with Crippen LogP contribution in [0.3, 0.4) is 0 Å². The van der Waals surface area contributed by atoms with E-state index in [1.807, 2.05) is 6.08 Å². The fraction of sp³-hybridized carbons (Fsp3) is 0.910. The molecule has 2 unspecified atom stereocenters. The normalized spacial score (nSPS) is 12.6. The first-order chi connectivity index (χ1) is 47.0. The summed E-state index contributed by atoms with van der Waals surface area (Å²) >= 11 is 0. The van der Waals surface area contributed by atoms with Crippen molar-refractivity contribution in [3.63, 3.8) is 0 Å². The molecule has 0 spiro atoms. The molecule has 0 aliphatic heterocycles. The molecule has 95 heavy (non-hydrogen) atoms. The van der Waals surface area contributed by atoms with Gasteiger partial charge in [0.05, 0.1) is 25.4 Å². The number of aliphatic hydroxyl groups is 2. The van der Waals surface area contributed by atoms with E-state index >= 15 is 0 Å². The predicted molar refractivity (Wildman–Crippen MR) is 421 cm³/mol. The minimum Gasteiger partial charge on any atom is -0.466 e. The number of rotatable bonds is 83. The van der Waals surface area contributed by atoms with Crippen LogP contribution >= 0.6 is 0 Å². The summed E-state index contributed by atoms with van der Waals surface area (Å²) in [6.07, 6.45) is 112. The van der Waals surface area contributed by atoms with Crippen molar-refractivity contribution in [1.82, 2.24) is 5.32 Å². The van der Waals surface area contributed by atoms with Gasteiger partial charge in [0.1, 0.15) is 0 Å². The zero-order chi connectivity index (χ0) is 68.4. The smallest absolute Gasteiger partial charge is 0.305 e. The summed E-state index contributed by atoms with van der Waals surface area (Å²) in [6, 6.07) is -0.626. The van der Waals surface area contributed by atoms with Crippen molar-refractivity contribution in [2.45, 2.75) is 508 Å². The standard InChI is InChI=1S/C89H171NO5/c1-3-5-7-9-11-13-15-17-19-21-23-24-25-37-40-43-46-49-53-57-61-65-69-73-77-81-87(92)86(85-91)90-88(93)82-78-74-70-66-62-58-54-50-47-44-41-38-35-33-31-29-27-26-28-30-32-34-36-39-42-45-48-52-56-60-64-68-72-76-80-84-95-89(94)83-79-75-71-67-63-59-55-51-22-20-18-16-14-12-10-8-6-4-2/h14,16,20,22,77,81,86-87,91-92H,3-13,15,17-19,21,23-76,78-80,82-85H2,1-2H3,(H,90,93)/b16-14-,22-20-,81-77+. The Morgan fingerprint density at radius 2 is 0.526 bits per heavy atom. The van der Waals surface area contributed by atoms with Crippen LogP contribution in [-0.2, 0) is 14.3 Å². The number of amides is 1. The van der Waals surface area contributed by atoms with E-state index in [-0.39, 0.29) is 18.5 Å². The van der Waals surface area contributed by atoms with E-state index < -0.39 is 12.1 Å². The maximum absolute atomic E-state index is 12.6. The molecule has 6 nitrogen and oxygen atoms in total. The highest BCUT2D eigenvalue weighted by molar-refractivity contribution is 5.76. The lowest BCUT2D eigenvalue weighted by Crippen LogP contribution is -2.45. The number of carbonyl (C=O) groups is 2. The van der Waals surface area contributed by atoms with Gasteiger partial charge in [-0.05, 0) is 64.2 Å². The summed E-state index contributed by atoms with van der Waals surface area (Å²) in [4.78, 5) is 24.7. The summed E-state index contributed by atoms with van der Waals surface area (Å²) in [5.41, 5.74) is 0. The van der Waals surface area contributed by atoms with Crippen LogP contribution in [0.2, 0.25) is 0 Å². The molecule has 0 aromatic rings. The van der Waals surface area contributed by atoms with Crippen molar-refractivity contribution in [2.24, 2.45) is 0 Å². The Kier molecular flexibility index (Phi) is 82.8. The number of allylic oxidation sites excluding steroid dienone is 5. The number of hydrogen-bond donors (Lipinski definition) is 3. The monoisotopic (exact) mass is 1330 g/mol. The highest BCUT2D eigenvalue weighted by Gasteiger charge is 2.18. The molecular weight excluding hydrogens is 1160 g/mol. The van der Waals surface area contributed by atoms with Crippen LogP contribution in [-0.4, -0.2) is 47.4 Å². The first kappa shape index (κ1) is 93.1. The van der Waals surface area contributed by atoms with E-state index in [2.05, 4.69) is 43.5 Å². The minimum atomic E-state index is -0.843. The Morgan fingerprint density at radius 1 is 0.295 bits per heavy atom. The van der Waals surface area contributed by atoms with Gasteiger partial charge in [-0.2, -0.15) is 0 Å². The molecule has 1 amide bonds. The van der Waals surface area contributed by atoms with Gasteiger partial charge >= 0.3 is 5.97 Å². The zero-order valence-electron chi connectivity index (χ0n) is 64.7. The van der Waals surface area contributed by atoms with Crippen molar-refractivity contribution in [1.29, 1.82) is 0 Å². The van der Waals surface area contributed by atoms with Gasteiger partial charge in [0.2, 0.25) is 5.91 Å². The van der Waals surface area contributed by atoms with Gasteiger partial charge in [-0.1, -0.05) is 455 Å². The predicted octanol–water partition coefficient (Wildman–Crippen LogP) is 29.3. The van der Waals surface area contributed by atoms with Crippen LogP contribution in [0.25, 0.3) is 0 Å². The van der Waals surface area contributed by atoms with Crippen LogP contribution in [0.15, 0.2) is 36.5 Å². The summed E-state index contributed by atoms with van der Waals surface area (Å²) in [5, 5.41) is 23.4. The molecule has 0 fully saturated rings. The molecule has 2 atom stereocenters. The molecule has 3 N–H and O–H groups in total. The highest BCUT2D eigenvalue weighted by atomic mass is 16.5. The fourth-order valence-corrected chi connectivity index (χ4v) is 14.0. The number of unbranched alkanes of at least 4 members (excludes halogenated alkanes) is 68.